The Hall–Kier alpha value is -2.34. The van der Waals surface area contributed by atoms with E-state index in [0.29, 0.717) is 6.42 Å². The normalized spacial score (nSPS) is 21.9. The molecule has 0 aromatic rings. The van der Waals surface area contributed by atoms with Crippen LogP contribution < -0.4 is 0 Å². The van der Waals surface area contributed by atoms with Crippen molar-refractivity contribution < 1.29 is 49.0 Å². The van der Waals surface area contributed by atoms with Crippen LogP contribution in [0.1, 0.15) is 136 Å². The van der Waals surface area contributed by atoms with Crippen LogP contribution in [-0.2, 0) is 28.5 Å². The van der Waals surface area contributed by atoms with E-state index in [1.807, 2.05) is 0 Å². The number of unbranched alkanes of at least 4 members (excludes halogenated alkanes) is 11. The van der Waals surface area contributed by atoms with Gasteiger partial charge in [0.1, 0.15) is 31.0 Å². The fourth-order valence-electron chi connectivity index (χ4n) is 5.41. The molecular formula is C40H68O10. The number of esters is 2. The fraction of sp³-hybridized carbons (Fsp3) is 0.750. The molecule has 10 nitrogen and oxygen atoms in total. The summed E-state index contributed by atoms with van der Waals surface area (Å²) in [5.74, 6) is -0.861. The number of hydrogen-bond acceptors (Lipinski definition) is 10. The van der Waals surface area contributed by atoms with Crippen LogP contribution in [0.2, 0.25) is 0 Å². The summed E-state index contributed by atoms with van der Waals surface area (Å²) in [5.41, 5.74) is 0. The van der Waals surface area contributed by atoms with Gasteiger partial charge < -0.3 is 39.4 Å². The Bertz CT molecular complexity index is 960. The first-order chi connectivity index (χ1) is 24.3. The molecule has 0 bridgehead atoms. The van der Waals surface area contributed by atoms with Gasteiger partial charge in [0, 0.05) is 12.8 Å². The molecule has 288 valence electrons. The third kappa shape index (κ3) is 23.2. The summed E-state index contributed by atoms with van der Waals surface area (Å²) < 4.78 is 22.0. The number of allylic oxidation sites excluding steroid dienone is 8. The first-order valence-corrected chi connectivity index (χ1v) is 19.2. The molecule has 6 unspecified atom stereocenters. The molecule has 0 radical (unpaired) electrons. The molecule has 0 aromatic carbocycles. The molecular weight excluding hydrogens is 640 g/mol. The largest absolute Gasteiger partial charge is 0.462 e. The lowest BCUT2D eigenvalue weighted by molar-refractivity contribution is -0.305. The minimum absolute atomic E-state index is 0.177. The molecule has 1 fully saturated rings. The van der Waals surface area contributed by atoms with E-state index in [1.54, 1.807) is 0 Å². The summed E-state index contributed by atoms with van der Waals surface area (Å²) in [6.07, 6.45) is 27.0. The van der Waals surface area contributed by atoms with Crippen molar-refractivity contribution in [2.24, 2.45) is 0 Å². The van der Waals surface area contributed by atoms with E-state index in [9.17, 15) is 30.0 Å². The SMILES string of the molecule is CC/C=C\C/C=C\C/C=C\C/C=C\CCCCC(=O)OC(COC(=O)CCCCCCCCCCCC)COC1OC(CO)C(O)C(O)C1O. The van der Waals surface area contributed by atoms with E-state index in [0.717, 1.165) is 64.2 Å². The molecule has 0 spiro atoms. The van der Waals surface area contributed by atoms with Gasteiger partial charge in [-0.05, 0) is 51.4 Å². The van der Waals surface area contributed by atoms with Gasteiger partial charge in [0.2, 0.25) is 0 Å². The number of rotatable bonds is 30. The monoisotopic (exact) mass is 708 g/mol. The fourth-order valence-corrected chi connectivity index (χ4v) is 5.41. The molecule has 0 saturated carbocycles. The number of hydrogen-bond donors (Lipinski definition) is 4. The zero-order valence-electron chi connectivity index (χ0n) is 30.9. The van der Waals surface area contributed by atoms with Crippen molar-refractivity contribution in [2.45, 2.75) is 173 Å². The van der Waals surface area contributed by atoms with Gasteiger partial charge in [-0.15, -0.1) is 0 Å². The number of aliphatic hydroxyl groups is 4. The predicted molar refractivity (Wildman–Crippen MR) is 196 cm³/mol. The lowest BCUT2D eigenvalue weighted by Crippen LogP contribution is -2.59. The van der Waals surface area contributed by atoms with Crippen molar-refractivity contribution in [1.82, 2.24) is 0 Å². The van der Waals surface area contributed by atoms with Crippen LogP contribution in [-0.4, -0.2) is 89.0 Å². The molecule has 10 heteroatoms. The Morgan fingerprint density at radius 1 is 0.640 bits per heavy atom. The van der Waals surface area contributed by atoms with E-state index in [2.05, 4.69) is 62.5 Å². The van der Waals surface area contributed by atoms with E-state index in [1.165, 1.54) is 38.5 Å². The van der Waals surface area contributed by atoms with Crippen molar-refractivity contribution in [3.05, 3.63) is 48.6 Å². The van der Waals surface area contributed by atoms with Gasteiger partial charge in [-0.3, -0.25) is 9.59 Å². The Balaban J connectivity index is 2.44. The van der Waals surface area contributed by atoms with Crippen LogP contribution >= 0.6 is 0 Å². The summed E-state index contributed by atoms with van der Waals surface area (Å²) >= 11 is 0. The van der Waals surface area contributed by atoms with Gasteiger partial charge in [-0.1, -0.05) is 120 Å². The standard InChI is InChI=1S/C40H68O10/c1-3-5-7-9-11-13-15-16-17-18-19-21-23-25-27-29-36(43)49-33(32-48-40-39(46)38(45)37(44)34(30-41)50-40)31-47-35(42)28-26-24-22-20-14-12-10-8-6-4-2/h5,7,11,13,16-17,19,21,33-34,37-41,44-46H,3-4,6,8-10,12,14-15,18,20,22-32H2,1-2H3/b7-5-,13-11-,17-16-,21-19-. The van der Waals surface area contributed by atoms with Crippen molar-refractivity contribution in [3.63, 3.8) is 0 Å². The average molecular weight is 709 g/mol. The Labute approximate surface area is 301 Å². The summed E-state index contributed by atoms with van der Waals surface area (Å²) in [6.45, 7) is 3.22. The lowest BCUT2D eigenvalue weighted by Gasteiger charge is -2.39. The number of carbonyl (C=O) groups excluding carboxylic acids is 2. The first kappa shape index (κ1) is 45.7. The summed E-state index contributed by atoms with van der Waals surface area (Å²) in [4.78, 5) is 25.1. The Kier molecular flexibility index (Phi) is 28.7. The van der Waals surface area contributed by atoms with Gasteiger partial charge in [0.25, 0.3) is 0 Å². The lowest BCUT2D eigenvalue weighted by atomic mass is 9.99. The van der Waals surface area contributed by atoms with Crippen LogP contribution in [0.4, 0.5) is 0 Å². The van der Waals surface area contributed by atoms with E-state index in [4.69, 9.17) is 18.9 Å². The van der Waals surface area contributed by atoms with Gasteiger partial charge in [-0.2, -0.15) is 0 Å². The van der Waals surface area contributed by atoms with Gasteiger partial charge in [-0.25, -0.2) is 0 Å². The van der Waals surface area contributed by atoms with Crippen molar-refractivity contribution in [2.75, 3.05) is 19.8 Å². The molecule has 6 atom stereocenters. The third-order valence-electron chi connectivity index (χ3n) is 8.48. The first-order valence-electron chi connectivity index (χ1n) is 19.2. The minimum atomic E-state index is -1.60. The number of aliphatic hydroxyl groups excluding tert-OH is 4. The maximum atomic E-state index is 12.7. The smallest absolute Gasteiger partial charge is 0.306 e. The molecule has 1 aliphatic heterocycles. The second kappa shape index (κ2) is 31.4. The van der Waals surface area contributed by atoms with Gasteiger partial charge in [0.05, 0.1) is 13.2 Å². The number of ether oxygens (including phenoxy) is 4. The summed E-state index contributed by atoms with van der Waals surface area (Å²) in [7, 11) is 0. The highest BCUT2D eigenvalue weighted by atomic mass is 16.7. The highest BCUT2D eigenvalue weighted by Gasteiger charge is 2.44. The van der Waals surface area contributed by atoms with E-state index < -0.39 is 55.4 Å². The molecule has 4 N–H and O–H groups in total. The second-order valence-electron chi connectivity index (χ2n) is 13.0. The maximum Gasteiger partial charge on any atom is 0.306 e. The van der Waals surface area contributed by atoms with Crippen LogP contribution in [0.25, 0.3) is 0 Å². The molecule has 50 heavy (non-hydrogen) atoms. The van der Waals surface area contributed by atoms with Crippen molar-refractivity contribution >= 4 is 11.9 Å². The Morgan fingerprint density at radius 3 is 1.78 bits per heavy atom. The molecule has 1 saturated heterocycles. The molecule has 1 aliphatic rings. The van der Waals surface area contributed by atoms with Gasteiger partial charge in [0.15, 0.2) is 12.4 Å². The Morgan fingerprint density at radius 2 is 1.18 bits per heavy atom. The maximum absolute atomic E-state index is 12.7. The van der Waals surface area contributed by atoms with Crippen LogP contribution in [0.5, 0.6) is 0 Å². The number of carbonyl (C=O) groups is 2. The van der Waals surface area contributed by atoms with E-state index >= 15 is 0 Å². The second-order valence-corrected chi connectivity index (χ2v) is 13.0. The summed E-state index contributed by atoms with van der Waals surface area (Å²) in [5, 5.41) is 39.9. The highest BCUT2D eigenvalue weighted by Crippen LogP contribution is 2.22. The van der Waals surface area contributed by atoms with Crippen LogP contribution in [0.15, 0.2) is 48.6 Å². The van der Waals surface area contributed by atoms with E-state index in [-0.39, 0.29) is 26.1 Å². The molecule has 0 aliphatic carbocycles. The van der Waals surface area contributed by atoms with Crippen LogP contribution in [0, 0.1) is 0 Å². The third-order valence-corrected chi connectivity index (χ3v) is 8.48. The van der Waals surface area contributed by atoms with Crippen LogP contribution in [0.3, 0.4) is 0 Å². The minimum Gasteiger partial charge on any atom is -0.462 e. The quantitative estimate of drug-likeness (QED) is 0.0351. The van der Waals surface area contributed by atoms with Crippen molar-refractivity contribution in [1.29, 1.82) is 0 Å². The summed E-state index contributed by atoms with van der Waals surface area (Å²) in [6, 6.07) is 0. The molecule has 0 amide bonds. The van der Waals surface area contributed by atoms with Crippen molar-refractivity contribution in [3.8, 4) is 0 Å². The molecule has 1 rings (SSSR count). The zero-order valence-corrected chi connectivity index (χ0v) is 30.9. The predicted octanol–water partition coefficient (Wildman–Crippen LogP) is 6.93. The molecule has 1 heterocycles. The topological polar surface area (TPSA) is 152 Å². The average Bonchev–Trinajstić information content (AvgIpc) is 3.11. The zero-order chi connectivity index (χ0) is 36.7. The van der Waals surface area contributed by atoms with Gasteiger partial charge >= 0.3 is 11.9 Å². The highest BCUT2D eigenvalue weighted by molar-refractivity contribution is 5.70. The molecule has 0 aromatic heterocycles.